The molecule has 0 fully saturated rings. The lowest BCUT2D eigenvalue weighted by molar-refractivity contribution is -0.272. The number of anilines is 1. The quantitative estimate of drug-likeness (QED) is 0.427. The van der Waals surface area contributed by atoms with E-state index in [1.54, 1.807) is 6.92 Å². The molecule has 0 radical (unpaired) electrons. The van der Waals surface area contributed by atoms with Crippen LogP contribution in [0.25, 0.3) is 10.9 Å². The first-order valence-corrected chi connectivity index (χ1v) is 9.90. The third-order valence-corrected chi connectivity index (χ3v) is 6.02. The van der Waals surface area contributed by atoms with E-state index in [0.717, 1.165) is 18.2 Å². The first kappa shape index (κ1) is 22.5. The maximum absolute atomic E-state index is 14.3. The molecule has 3 N–H and O–H groups in total. The van der Waals surface area contributed by atoms with Gasteiger partial charge in [-0.05, 0) is 37.0 Å². The van der Waals surface area contributed by atoms with Crippen LogP contribution in [0.15, 0.2) is 24.4 Å². The number of aryl methyl sites for hydroxylation is 1. The largest absolute Gasteiger partial charge is 0.505 e. The van der Waals surface area contributed by atoms with Crippen LogP contribution in [0.2, 0.25) is 5.02 Å². The van der Waals surface area contributed by atoms with Crippen molar-refractivity contribution in [2.24, 2.45) is 0 Å². The van der Waals surface area contributed by atoms with Gasteiger partial charge in [-0.3, -0.25) is 0 Å². The number of aromatic nitrogens is 2. The fraction of sp³-hybridized carbons (Fsp3) is 0.333. The van der Waals surface area contributed by atoms with Crippen molar-refractivity contribution in [1.29, 1.82) is 0 Å². The van der Waals surface area contributed by atoms with Gasteiger partial charge >= 0.3 is 6.18 Å². The summed E-state index contributed by atoms with van der Waals surface area (Å²) >= 11 is 5.81. The number of nitrogens with one attached hydrogen (secondary N) is 1. The molecule has 0 saturated heterocycles. The van der Waals surface area contributed by atoms with Crippen molar-refractivity contribution in [3.05, 3.63) is 58.0 Å². The monoisotopic (exact) mass is 473 g/mol. The summed E-state index contributed by atoms with van der Waals surface area (Å²) in [4.78, 5) is 8.09. The molecule has 0 unspecified atom stereocenters. The van der Waals surface area contributed by atoms with Gasteiger partial charge in [-0.25, -0.2) is 18.7 Å². The highest BCUT2D eigenvalue weighted by Gasteiger charge is 2.62. The van der Waals surface area contributed by atoms with E-state index in [2.05, 4.69) is 15.3 Å². The Kier molecular flexibility index (Phi) is 5.21. The van der Waals surface area contributed by atoms with Gasteiger partial charge < -0.3 is 15.5 Å². The first-order valence-electron chi connectivity index (χ1n) is 9.52. The summed E-state index contributed by atoms with van der Waals surface area (Å²) in [6, 6.07) is 1.03. The molecule has 170 valence electrons. The number of phenols is 1. The van der Waals surface area contributed by atoms with Gasteiger partial charge in [0.05, 0.1) is 16.6 Å². The molecule has 32 heavy (non-hydrogen) atoms. The van der Waals surface area contributed by atoms with Crippen molar-refractivity contribution in [3.8, 4) is 5.75 Å². The van der Waals surface area contributed by atoms with Crippen molar-refractivity contribution in [2.45, 2.75) is 44.0 Å². The van der Waals surface area contributed by atoms with Crippen molar-refractivity contribution in [2.75, 3.05) is 5.32 Å². The van der Waals surface area contributed by atoms with E-state index in [4.69, 9.17) is 11.6 Å². The van der Waals surface area contributed by atoms with E-state index in [0.29, 0.717) is 5.82 Å². The number of nitrogens with zero attached hydrogens (tertiary/aromatic N) is 2. The smallest absolute Gasteiger partial charge is 0.419 e. The zero-order valence-corrected chi connectivity index (χ0v) is 17.5. The van der Waals surface area contributed by atoms with Gasteiger partial charge in [-0.2, -0.15) is 13.2 Å². The van der Waals surface area contributed by atoms with Gasteiger partial charge in [0.1, 0.15) is 11.6 Å². The molecule has 0 spiro atoms. The minimum Gasteiger partial charge on any atom is -0.505 e. The number of hydrogen-bond acceptors (Lipinski definition) is 5. The molecular weight excluding hydrogens is 457 g/mol. The average Bonchev–Trinajstić information content (AvgIpc) is 2.67. The second-order valence-corrected chi connectivity index (χ2v) is 8.34. The standard InChI is InChI=1S/C21H17ClF5N3O2/c1-8-6-20(32,21(25,26)27)19(11-5-13(22)17(24)18(31)16(8)11)30-15-4-10(23)3-14-12(15)7-28-9(2)29-14/h3-5,7-8,19,30-32H,6H2,1-2H3/t8-,19+,20-/m1/s1. The Morgan fingerprint density at radius 1 is 1.22 bits per heavy atom. The van der Waals surface area contributed by atoms with Crippen LogP contribution in [0.4, 0.5) is 27.6 Å². The van der Waals surface area contributed by atoms with E-state index < -0.39 is 52.6 Å². The number of rotatable bonds is 2. The number of halogens is 6. The van der Waals surface area contributed by atoms with Crippen molar-refractivity contribution >= 4 is 28.2 Å². The number of fused-ring (bicyclic) bond motifs is 2. The summed E-state index contributed by atoms with van der Waals surface area (Å²) in [7, 11) is 0. The van der Waals surface area contributed by atoms with Crippen molar-refractivity contribution in [1.82, 2.24) is 9.97 Å². The molecule has 3 aromatic rings. The number of aromatic hydroxyl groups is 1. The molecule has 0 saturated carbocycles. The molecule has 1 heterocycles. The molecule has 5 nitrogen and oxygen atoms in total. The molecule has 3 atom stereocenters. The van der Waals surface area contributed by atoms with Crippen LogP contribution in [-0.2, 0) is 0 Å². The SMILES string of the molecule is Cc1ncc2c(N[C@H]3c4cc(Cl)c(F)c(O)c4[C@H](C)C[C@]3(O)C(F)(F)F)cc(F)cc2n1. The molecule has 4 rings (SSSR count). The van der Waals surface area contributed by atoms with Crippen LogP contribution in [0.5, 0.6) is 5.75 Å². The van der Waals surface area contributed by atoms with E-state index in [9.17, 15) is 32.2 Å². The van der Waals surface area contributed by atoms with Crippen LogP contribution < -0.4 is 5.32 Å². The number of phenolic OH excluding ortho intramolecular Hbond substituents is 1. The summed E-state index contributed by atoms with van der Waals surface area (Å²) in [5.41, 5.74) is -3.69. The topological polar surface area (TPSA) is 78.3 Å². The molecule has 0 bridgehead atoms. The summed E-state index contributed by atoms with van der Waals surface area (Å²) in [5.74, 6) is -3.58. The Bertz CT molecular complexity index is 1230. The lowest BCUT2D eigenvalue weighted by Gasteiger charge is -2.45. The zero-order valence-electron chi connectivity index (χ0n) is 16.7. The van der Waals surface area contributed by atoms with Crippen LogP contribution in [0.1, 0.15) is 42.3 Å². The summed E-state index contributed by atoms with van der Waals surface area (Å²) in [6.45, 7) is 2.89. The summed E-state index contributed by atoms with van der Waals surface area (Å²) < 4.78 is 70.8. The zero-order chi connectivity index (χ0) is 23.6. The minimum absolute atomic E-state index is 0.117. The Balaban J connectivity index is 1.97. The third kappa shape index (κ3) is 3.41. The van der Waals surface area contributed by atoms with Gasteiger partial charge in [-0.1, -0.05) is 18.5 Å². The van der Waals surface area contributed by atoms with Gasteiger partial charge in [0.25, 0.3) is 0 Å². The number of benzene rings is 2. The molecule has 1 aromatic heterocycles. The summed E-state index contributed by atoms with van der Waals surface area (Å²) in [6.07, 6.45) is -4.68. The fourth-order valence-corrected chi connectivity index (χ4v) is 4.50. The van der Waals surface area contributed by atoms with Crippen LogP contribution in [-0.4, -0.2) is 32.0 Å². The molecular formula is C21H17ClF5N3O2. The van der Waals surface area contributed by atoms with E-state index in [1.165, 1.54) is 13.1 Å². The predicted molar refractivity (Wildman–Crippen MR) is 108 cm³/mol. The number of aliphatic hydroxyl groups is 1. The molecule has 2 aromatic carbocycles. The van der Waals surface area contributed by atoms with Gasteiger partial charge in [0.15, 0.2) is 17.2 Å². The number of hydrogen-bond donors (Lipinski definition) is 3. The highest BCUT2D eigenvalue weighted by atomic mass is 35.5. The van der Waals surface area contributed by atoms with E-state index in [-0.39, 0.29) is 27.7 Å². The number of alkyl halides is 3. The summed E-state index contributed by atoms with van der Waals surface area (Å²) in [5, 5.41) is 23.3. The van der Waals surface area contributed by atoms with Crippen LogP contribution >= 0.6 is 11.6 Å². The molecule has 0 aliphatic heterocycles. The van der Waals surface area contributed by atoms with E-state index in [1.807, 2.05) is 0 Å². The normalized spacial score (nSPS) is 23.3. The predicted octanol–water partition coefficient (Wildman–Crippen LogP) is 5.53. The lowest BCUT2D eigenvalue weighted by atomic mass is 9.70. The Hall–Kier alpha value is -2.72. The van der Waals surface area contributed by atoms with Gasteiger partial charge in [-0.15, -0.1) is 0 Å². The maximum Gasteiger partial charge on any atom is 0.419 e. The van der Waals surface area contributed by atoms with Crippen LogP contribution in [0, 0.1) is 18.6 Å². The molecule has 11 heteroatoms. The lowest BCUT2D eigenvalue weighted by Crippen LogP contribution is -2.55. The van der Waals surface area contributed by atoms with Gasteiger partial charge in [0, 0.05) is 28.9 Å². The third-order valence-electron chi connectivity index (χ3n) is 5.74. The second kappa shape index (κ2) is 7.41. The molecule has 1 aliphatic carbocycles. The highest BCUT2D eigenvalue weighted by molar-refractivity contribution is 6.31. The maximum atomic E-state index is 14.3. The van der Waals surface area contributed by atoms with Crippen molar-refractivity contribution < 1.29 is 32.2 Å². The first-order chi connectivity index (χ1) is 14.8. The Morgan fingerprint density at radius 3 is 2.56 bits per heavy atom. The molecule has 0 amide bonds. The van der Waals surface area contributed by atoms with Gasteiger partial charge in [0.2, 0.25) is 0 Å². The Morgan fingerprint density at radius 2 is 1.91 bits per heavy atom. The second-order valence-electron chi connectivity index (χ2n) is 7.93. The average molecular weight is 474 g/mol. The fourth-order valence-electron chi connectivity index (χ4n) is 4.29. The van der Waals surface area contributed by atoms with E-state index >= 15 is 0 Å². The minimum atomic E-state index is -5.12. The Labute approximate surface area is 183 Å². The highest BCUT2D eigenvalue weighted by Crippen LogP contribution is 2.55. The van der Waals surface area contributed by atoms with Crippen molar-refractivity contribution in [3.63, 3.8) is 0 Å². The van der Waals surface area contributed by atoms with Crippen LogP contribution in [0.3, 0.4) is 0 Å². The molecule has 1 aliphatic rings.